The number of piperidine rings is 1. The van der Waals surface area contributed by atoms with Gasteiger partial charge in [0.05, 0.1) is 16.9 Å². The van der Waals surface area contributed by atoms with Crippen LogP contribution in [0.4, 0.5) is 20.8 Å². The summed E-state index contributed by atoms with van der Waals surface area (Å²) in [7, 11) is 0. The summed E-state index contributed by atoms with van der Waals surface area (Å²) in [6.07, 6.45) is 7.70. The zero-order valence-corrected chi connectivity index (χ0v) is 27.1. The van der Waals surface area contributed by atoms with Crippen LogP contribution in [0.2, 0.25) is 0 Å². The molecule has 0 bridgehead atoms. The number of amides is 2. The number of hydrogen-bond donors (Lipinski definition) is 2. The van der Waals surface area contributed by atoms with E-state index in [-0.39, 0.29) is 35.1 Å². The maximum absolute atomic E-state index is 15.1. The number of anilines is 2. The van der Waals surface area contributed by atoms with Crippen molar-refractivity contribution in [2.24, 2.45) is 11.3 Å². The minimum absolute atomic E-state index is 0.0383. The van der Waals surface area contributed by atoms with Gasteiger partial charge in [-0.1, -0.05) is 12.1 Å². The van der Waals surface area contributed by atoms with Crippen molar-refractivity contribution in [3.8, 4) is 22.9 Å². The lowest BCUT2D eigenvalue weighted by Crippen LogP contribution is -2.47. The Balaban J connectivity index is 1.12. The van der Waals surface area contributed by atoms with Gasteiger partial charge in [0.2, 0.25) is 17.7 Å². The van der Waals surface area contributed by atoms with Crippen molar-refractivity contribution < 1.29 is 23.5 Å². The SMILES string of the molecule is Cc1ccc2c(NC(=O)C3CC34CC4)c(F)ccc2c1Oc1ncccc1-c1ccnc(NC2CCCN(C(=O)OC(C)(C)C)C2)n1. The summed E-state index contributed by atoms with van der Waals surface area (Å²) in [5.74, 6) is 0.614. The van der Waals surface area contributed by atoms with Crippen molar-refractivity contribution in [2.45, 2.75) is 71.4 Å². The van der Waals surface area contributed by atoms with Crippen LogP contribution in [0, 0.1) is 24.1 Å². The lowest BCUT2D eigenvalue weighted by molar-refractivity contribution is -0.117. The number of carbonyl (C=O) groups is 2. The van der Waals surface area contributed by atoms with Gasteiger partial charge in [-0.15, -0.1) is 0 Å². The molecule has 11 heteroatoms. The maximum Gasteiger partial charge on any atom is 0.410 e. The van der Waals surface area contributed by atoms with E-state index in [0.717, 1.165) is 37.7 Å². The molecule has 10 nitrogen and oxygen atoms in total. The second-order valence-electron chi connectivity index (χ2n) is 14.0. The van der Waals surface area contributed by atoms with Gasteiger partial charge in [-0.3, -0.25) is 4.79 Å². The van der Waals surface area contributed by atoms with Crippen LogP contribution >= 0.6 is 0 Å². The fourth-order valence-electron chi connectivity index (χ4n) is 6.48. The number of ether oxygens (including phenoxy) is 2. The fraction of sp³-hybridized carbons (Fsp3) is 0.417. The molecule has 1 saturated heterocycles. The van der Waals surface area contributed by atoms with Crippen LogP contribution in [0.25, 0.3) is 22.0 Å². The Bertz CT molecular complexity index is 1870. The number of aryl methyl sites for hydroxylation is 1. The molecule has 7 rings (SSSR count). The van der Waals surface area contributed by atoms with Gasteiger partial charge in [0.15, 0.2) is 0 Å². The molecular formula is C36H39FN6O4. The molecule has 2 aromatic carbocycles. The largest absolute Gasteiger partial charge is 0.444 e. The zero-order valence-electron chi connectivity index (χ0n) is 27.1. The monoisotopic (exact) mass is 638 g/mol. The molecule has 3 aliphatic rings. The van der Waals surface area contributed by atoms with E-state index in [9.17, 15) is 9.59 Å². The Morgan fingerprint density at radius 3 is 2.62 bits per heavy atom. The van der Waals surface area contributed by atoms with Crippen LogP contribution in [0.3, 0.4) is 0 Å². The van der Waals surface area contributed by atoms with Crippen molar-refractivity contribution in [1.29, 1.82) is 0 Å². The second kappa shape index (κ2) is 11.8. The molecule has 4 aromatic rings. The van der Waals surface area contributed by atoms with E-state index in [2.05, 4.69) is 20.6 Å². The lowest BCUT2D eigenvalue weighted by Gasteiger charge is -2.34. The Kier molecular flexibility index (Phi) is 7.72. The van der Waals surface area contributed by atoms with Crippen LogP contribution < -0.4 is 15.4 Å². The van der Waals surface area contributed by atoms with Gasteiger partial charge in [-0.05, 0) is 101 Å². The second-order valence-corrected chi connectivity index (χ2v) is 14.0. The molecular weight excluding hydrogens is 599 g/mol. The molecule has 2 unspecified atom stereocenters. The van der Waals surface area contributed by atoms with Crippen LogP contribution in [-0.4, -0.2) is 56.6 Å². The highest BCUT2D eigenvalue weighted by atomic mass is 19.1. The molecule has 1 spiro atoms. The molecule has 2 N–H and O–H groups in total. The third-order valence-electron chi connectivity index (χ3n) is 9.25. The predicted octanol–water partition coefficient (Wildman–Crippen LogP) is 7.48. The van der Waals surface area contributed by atoms with Crippen molar-refractivity contribution in [3.63, 3.8) is 0 Å². The Morgan fingerprint density at radius 1 is 1.04 bits per heavy atom. The molecule has 2 aromatic heterocycles. The summed E-state index contributed by atoms with van der Waals surface area (Å²) in [6.45, 7) is 8.61. The quantitative estimate of drug-likeness (QED) is 0.214. The van der Waals surface area contributed by atoms with E-state index in [4.69, 9.17) is 14.5 Å². The first-order chi connectivity index (χ1) is 22.5. The van der Waals surface area contributed by atoms with Crippen molar-refractivity contribution in [3.05, 3.63) is 66.2 Å². The van der Waals surface area contributed by atoms with Crippen LogP contribution in [0.5, 0.6) is 11.6 Å². The number of pyridine rings is 1. The van der Waals surface area contributed by atoms with Gasteiger partial charge in [0.25, 0.3) is 0 Å². The van der Waals surface area contributed by atoms with Crippen LogP contribution in [0.1, 0.15) is 58.4 Å². The number of carbonyl (C=O) groups excluding carboxylic acids is 2. The Morgan fingerprint density at radius 2 is 1.85 bits per heavy atom. The predicted molar refractivity (Wildman–Crippen MR) is 177 cm³/mol. The van der Waals surface area contributed by atoms with Gasteiger partial charge in [0, 0.05) is 48.2 Å². The molecule has 2 amide bonds. The van der Waals surface area contributed by atoms with Gasteiger partial charge >= 0.3 is 6.09 Å². The van der Waals surface area contributed by atoms with Crippen LogP contribution in [0.15, 0.2) is 54.9 Å². The standard InChI is InChI=1S/C36H39FN6O4/c1-21-9-10-23-24(11-12-27(37)29(23)42-31(44)26-19-36(26)14-15-36)30(21)46-32-25(8-5-16-38-32)28-13-17-39-33(41-28)40-22-7-6-18-43(20-22)34(45)47-35(2,3)4/h5,8-13,16-17,22,26H,6-7,14-15,18-20H2,1-4H3,(H,42,44)(H,39,40,41). The molecule has 47 heavy (non-hydrogen) atoms. The third-order valence-corrected chi connectivity index (χ3v) is 9.25. The average Bonchev–Trinajstić information content (AvgIpc) is 3.97. The molecule has 2 aliphatic carbocycles. The molecule has 2 saturated carbocycles. The first kappa shape index (κ1) is 30.8. The average molecular weight is 639 g/mol. The highest BCUT2D eigenvalue weighted by Gasteiger charge is 2.65. The smallest absolute Gasteiger partial charge is 0.410 e. The van der Waals surface area contributed by atoms with Crippen molar-refractivity contribution in [1.82, 2.24) is 19.9 Å². The number of nitrogens with one attached hydrogen (secondary N) is 2. The Hall–Kier alpha value is -4.80. The van der Waals surface area contributed by atoms with E-state index in [0.29, 0.717) is 52.7 Å². The number of rotatable bonds is 7. The first-order valence-electron chi connectivity index (χ1n) is 16.2. The highest BCUT2D eigenvalue weighted by molar-refractivity contribution is 6.06. The topological polar surface area (TPSA) is 119 Å². The number of nitrogens with zero attached hydrogens (tertiary/aromatic N) is 4. The number of fused-ring (bicyclic) bond motifs is 1. The van der Waals surface area contributed by atoms with Gasteiger partial charge in [-0.25, -0.2) is 24.1 Å². The van der Waals surface area contributed by atoms with Gasteiger partial charge < -0.3 is 25.0 Å². The van der Waals surface area contributed by atoms with E-state index in [1.165, 1.54) is 6.07 Å². The van der Waals surface area contributed by atoms with E-state index in [1.54, 1.807) is 35.5 Å². The van der Waals surface area contributed by atoms with Crippen molar-refractivity contribution in [2.75, 3.05) is 23.7 Å². The van der Waals surface area contributed by atoms with Crippen molar-refractivity contribution >= 4 is 34.4 Å². The first-order valence-corrected chi connectivity index (χ1v) is 16.2. The maximum atomic E-state index is 15.1. The minimum Gasteiger partial charge on any atom is -0.444 e. The molecule has 244 valence electrons. The summed E-state index contributed by atoms with van der Waals surface area (Å²) in [5, 5.41) is 7.48. The zero-order chi connectivity index (χ0) is 32.9. The summed E-state index contributed by atoms with van der Waals surface area (Å²) < 4.78 is 27.2. The number of halogens is 1. The summed E-state index contributed by atoms with van der Waals surface area (Å²) in [5.41, 5.74) is 1.84. The van der Waals surface area contributed by atoms with Gasteiger partial charge in [0.1, 0.15) is 17.2 Å². The summed E-state index contributed by atoms with van der Waals surface area (Å²) in [4.78, 5) is 41.1. The number of benzene rings is 2. The number of hydrogen-bond acceptors (Lipinski definition) is 8. The van der Waals surface area contributed by atoms with Crippen LogP contribution in [-0.2, 0) is 9.53 Å². The minimum atomic E-state index is -0.563. The number of aromatic nitrogens is 3. The molecule has 3 fully saturated rings. The third kappa shape index (κ3) is 6.43. The van der Waals surface area contributed by atoms with E-state index < -0.39 is 11.4 Å². The summed E-state index contributed by atoms with van der Waals surface area (Å²) >= 11 is 0. The number of likely N-dealkylation sites (tertiary alicyclic amines) is 1. The highest BCUT2D eigenvalue weighted by Crippen LogP contribution is 2.70. The molecule has 1 aliphatic heterocycles. The molecule has 0 radical (unpaired) electrons. The Labute approximate surface area is 273 Å². The van der Waals surface area contributed by atoms with E-state index >= 15 is 4.39 Å². The fourth-order valence-corrected chi connectivity index (χ4v) is 6.48. The molecule has 2 atom stereocenters. The normalized spacial score (nSPS) is 19.7. The van der Waals surface area contributed by atoms with E-state index in [1.807, 2.05) is 45.9 Å². The lowest BCUT2D eigenvalue weighted by atomic mass is 10.0. The van der Waals surface area contributed by atoms with Gasteiger partial charge in [-0.2, -0.15) is 0 Å². The molecule has 3 heterocycles. The summed E-state index contributed by atoms with van der Waals surface area (Å²) in [6, 6.07) is 12.1.